The smallest absolute Gasteiger partial charge is 0.151 e. The van der Waals surface area contributed by atoms with E-state index >= 15 is 0 Å². The molecule has 0 spiro atoms. The summed E-state index contributed by atoms with van der Waals surface area (Å²) in [6.45, 7) is 1.70. The minimum absolute atomic E-state index is 0.205. The molecule has 4 unspecified atom stereocenters. The molecule has 0 bridgehead atoms. The second-order valence-electron chi connectivity index (χ2n) is 11.3. The zero-order valence-corrected chi connectivity index (χ0v) is 26.5. The molecule has 0 saturated carbocycles. The predicted octanol–water partition coefficient (Wildman–Crippen LogP) is 7.74. The van der Waals surface area contributed by atoms with E-state index in [0.717, 1.165) is 34.1 Å². The topological polar surface area (TPSA) is 63.2 Å². The van der Waals surface area contributed by atoms with Crippen molar-refractivity contribution in [2.45, 2.75) is 57.5 Å². The van der Waals surface area contributed by atoms with E-state index in [0.29, 0.717) is 13.2 Å². The minimum atomic E-state index is -0.948. The highest BCUT2D eigenvalue weighted by Crippen LogP contribution is 2.23. The molecule has 4 atom stereocenters. The summed E-state index contributed by atoms with van der Waals surface area (Å²) in [5.74, 6) is 0. The number of rotatable bonds is 20. The van der Waals surface area contributed by atoms with Gasteiger partial charge in [0.1, 0.15) is 24.4 Å². The van der Waals surface area contributed by atoms with Crippen molar-refractivity contribution in [3.63, 3.8) is 0 Å². The lowest BCUT2D eigenvalue weighted by Crippen LogP contribution is -2.51. The van der Waals surface area contributed by atoms with Gasteiger partial charge in [-0.15, -0.1) is 0 Å². The first-order chi connectivity index (χ1) is 23.3. The largest absolute Gasteiger partial charge is 0.374 e. The molecule has 0 aliphatic carbocycles. The van der Waals surface area contributed by atoms with Crippen LogP contribution in [0.2, 0.25) is 0 Å². The third kappa shape index (κ3) is 11.4. The van der Waals surface area contributed by atoms with Crippen molar-refractivity contribution < 1.29 is 28.5 Å². The van der Waals surface area contributed by atoms with Gasteiger partial charge >= 0.3 is 0 Å². The minimum Gasteiger partial charge on any atom is -0.374 e. The first kappa shape index (κ1) is 33.9. The summed E-state index contributed by atoms with van der Waals surface area (Å²) in [4.78, 5) is 12.8. The van der Waals surface area contributed by atoms with Gasteiger partial charge in [-0.05, 0) is 27.8 Å². The van der Waals surface area contributed by atoms with E-state index in [1.54, 1.807) is 0 Å². The highest BCUT2D eigenvalue weighted by Gasteiger charge is 2.39. The van der Waals surface area contributed by atoms with Gasteiger partial charge in [-0.25, -0.2) is 0 Å². The molecule has 5 rings (SSSR count). The summed E-state index contributed by atoms with van der Waals surface area (Å²) in [6, 6.07) is 49.5. The fourth-order valence-electron chi connectivity index (χ4n) is 5.18. The maximum absolute atomic E-state index is 12.8. The lowest BCUT2D eigenvalue weighted by Gasteiger charge is -2.36. The van der Waals surface area contributed by atoms with Crippen LogP contribution in [-0.4, -0.2) is 37.3 Å². The Kier molecular flexibility index (Phi) is 13.9. The molecular formula is C41H42O6. The molecule has 0 aliphatic heterocycles. The molecule has 6 nitrogen and oxygen atoms in total. The van der Waals surface area contributed by atoms with Gasteiger partial charge in [-0.2, -0.15) is 0 Å². The van der Waals surface area contributed by atoms with Crippen LogP contribution in [0.15, 0.2) is 152 Å². The Labute approximate surface area is 277 Å². The molecule has 5 aromatic rings. The number of benzene rings is 5. The average Bonchev–Trinajstić information content (AvgIpc) is 3.14. The number of ether oxygens (including phenoxy) is 5. The van der Waals surface area contributed by atoms with Crippen LogP contribution in [-0.2, 0) is 61.5 Å². The van der Waals surface area contributed by atoms with E-state index in [2.05, 4.69) is 0 Å². The Balaban J connectivity index is 1.45. The van der Waals surface area contributed by atoms with Crippen molar-refractivity contribution in [3.8, 4) is 0 Å². The van der Waals surface area contributed by atoms with Gasteiger partial charge in [0.2, 0.25) is 0 Å². The van der Waals surface area contributed by atoms with Crippen LogP contribution >= 0.6 is 0 Å². The van der Waals surface area contributed by atoms with Crippen molar-refractivity contribution in [3.05, 3.63) is 179 Å². The maximum Gasteiger partial charge on any atom is 0.151 e. The summed E-state index contributed by atoms with van der Waals surface area (Å²) in [7, 11) is 0. The van der Waals surface area contributed by atoms with E-state index in [-0.39, 0.29) is 26.4 Å². The van der Waals surface area contributed by atoms with E-state index in [4.69, 9.17) is 23.7 Å². The number of aldehydes is 1. The third-order valence-corrected chi connectivity index (χ3v) is 7.70. The summed E-state index contributed by atoms with van der Waals surface area (Å²) in [6.07, 6.45) is -2.30. The molecule has 0 N–H and O–H groups in total. The zero-order valence-electron chi connectivity index (χ0n) is 26.5. The zero-order chi connectivity index (χ0) is 32.4. The standard InChI is InChI=1S/C41H42O6/c42-26-38(44-28-34-18-8-2-9-19-34)40(46-30-36-22-12-4-13-23-36)41(47-31-37-24-14-5-15-25-37)39(45-29-35-20-10-3-11-21-35)32-43-27-33-16-6-1-7-17-33/h1-26,38-41H,27-32H2. The van der Waals surface area contributed by atoms with Crippen molar-refractivity contribution >= 4 is 6.29 Å². The predicted molar refractivity (Wildman–Crippen MR) is 182 cm³/mol. The van der Waals surface area contributed by atoms with Gasteiger partial charge in [-0.3, -0.25) is 0 Å². The normalized spacial score (nSPS) is 13.8. The Morgan fingerprint density at radius 1 is 0.404 bits per heavy atom. The summed E-state index contributed by atoms with van der Waals surface area (Å²) < 4.78 is 32.5. The number of hydrogen-bond donors (Lipinski definition) is 0. The van der Waals surface area contributed by atoms with Gasteiger partial charge in [0.15, 0.2) is 6.29 Å². The van der Waals surface area contributed by atoms with E-state index < -0.39 is 24.4 Å². The van der Waals surface area contributed by atoms with E-state index in [1.807, 2.05) is 152 Å². The SMILES string of the molecule is O=CC(OCc1ccccc1)C(OCc1ccccc1)C(OCc1ccccc1)C(COCc1ccccc1)OCc1ccccc1. The molecule has 0 fully saturated rings. The van der Waals surface area contributed by atoms with Crippen LogP contribution < -0.4 is 0 Å². The van der Waals surface area contributed by atoms with Crippen molar-refractivity contribution in [1.82, 2.24) is 0 Å². The highest BCUT2D eigenvalue weighted by molar-refractivity contribution is 5.57. The van der Waals surface area contributed by atoms with Gasteiger partial charge in [-0.1, -0.05) is 152 Å². The Morgan fingerprint density at radius 2 is 0.745 bits per heavy atom. The fraction of sp³-hybridized carbons (Fsp3) is 0.244. The highest BCUT2D eigenvalue weighted by atomic mass is 16.6. The van der Waals surface area contributed by atoms with Crippen molar-refractivity contribution in [1.29, 1.82) is 0 Å². The van der Waals surface area contributed by atoms with Crippen LogP contribution in [0.4, 0.5) is 0 Å². The molecule has 47 heavy (non-hydrogen) atoms. The van der Waals surface area contributed by atoms with Gasteiger partial charge < -0.3 is 28.5 Å². The van der Waals surface area contributed by atoms with Crippen molar-refractivity contribution in [2.75, 3.05) is 6.61 Å². The number of hydrogen-bond acceptors (Lipinski definition) is 6. The first-order valence-electron chi connectivity index (χ1n) is 16.0. The van der Waals surface area contributed by atoms with Crippen LogP contribution in [0, 0.1) is 0 Å². The van der Waals surface area contributed by atoms with Gasteiger partial charge in [0.05, 0.1) is 39.6 Å². The van der Waals surface area contributed by atoms with E-state index in [1.165, 1.54) is 0 Å². The van der Waals surface area contributed by atoms with Crippen LogP contribution in [0.3, 0.4) is 0 Å². The Morgan fingerprint density at radius 3 is 1.15 bits per heavy atom. The summed E-state index contributed by atoms with van der Waals surface area (Å²) >= 11 is 0. The second kappa shape index (κ2) is 19.3. The van der Waals surface area contributed by atoms with Crippen LogP contribution in [0.25, 0.3) is 0 Å². The number of carbonyl (C=O) groups excluding carboxylic acids is 1. The second-order valence-corrected chi connectivity index (χ2v) is 11.3. The molecule has 5 aromatic carbocycles. The third-order valence-electron chi connectivity index (χ3n) is 7.70. The molecule has 242 valence electrons. The first-order valence-corrected chi connectivity index (χ1v) is 16.0. The van der Waals surface area contributed by atoms with Crippen molar-refractivity contribution in [2.24, 2.45) is 0 Å². The van der Waals surface area contributed by atoms with Crippen LogP contribution in [0.5, 0.6) is 0 Å². The molecule has 0 amide bonds. The maximum atomic E-state index is 12.8. The Bertz CT molecular complexity index is 1530. The van der Waals surface area contributed by atoms with Gasteiger partial charge in [0.25, 0.3) is 0 Å². The van der Waals surface area contributed by atoms with E-state index in [9.17, 15) is 4.79 Å². The molecule has 0 radical (unpaired) electrons. The van der Waals surface area contributed by atoms with Gasteiger partial charge in [0, 0.05) is 0 Å². The molecule has 0 saturated heterocycles. The fourth-order valence-corrected chi connectivity index (χ4v) is 5.18. The monoisotopic (exact) mass is 630 g/mol. The lowest BCUT2D eigenvalue weighted by atomic mass is 10.0. The molecule has 6 heteroatoms. The lowest BCUT2D eigenvalue weighted by molar-refractivity contribution is -0.197. The van der Waals surface area contributed by atoms with Crippen LogP contribution in [0.1, 0.15) is 27.8 Å². The molecule has 0 aliphatic rings. The quantitative estimate of drug-likeness (QED) is 0.0820. The molecule has 0 aromatic heterocycles. The Hall–Kier alpha value is -4.43. The number of carbonyl (C=O) groups is 1. The molecule has 0 heterocycles. The average molecular weight is 631 g/mol. The molecular weight excluding hydrogens is 588 g/mol. The summed E-state index contributed by atoms with van der Waals surface area (Å²) in [5.41, 5.74) is 4.96. The summed E-state index contributed by atoms with van der Waals surface area (Å²) in [5, 5.41) is 0.